The second-order valence-corrected chi connectivity index (χ2v) is 3.58. The Morgan fingerprint density at radius 3 is 2.69 bits per heavy atom. The monoisotopic (exact) mass is 217 g/mol. The van der Waals surface area contributed by atoms with Crippen molar-refractivity contribution in [1.29, 1.82) is 5.26 Å². The average Bonchev–Trinajstić information content (AvgIpc) is 2.35. The molecule has 0 radical (unpaired) electrons. The number of rotatable bonds is 5. The summed E-state index contributed by atoms with van der Waals surface area (Å²) >= 11 is 0. The smallest absolute Gasteiger partial charge is 0.323 e. The molecule has 1 aromatic rings. The van der Waals surface area contributed by atoms with Crippen LogP contribution in [0.3, 0.4) is 0 Å². The Bertz CT molecular complexity index is 367. The number of hydrogen-bond donors (Lipinski definition) is 0. The van der Waals surface area contributed by atoms with Gasteiger partial charge in [-0.3, -0.25) is 4.79 Å². The summed E-state index contributed by atoms with van der Waals surface area (Å²) in [6, 6.07) is 12.0. The minimum atomic E-state index is -0.631. The van der Waals surface area contributed by atoms with E-state index in [0.717, 1.165) is 12.8 Å². The Hall–Kier alpha value is -1.82. The van der Waals surface area contributed by atoms with Crippen molar-refractivity contribution < 1.29 is 9.53 Å². The van der Waals surface area contributed by atoms with Gasteiger partial charge in [-0.2, -0.15) is 5.26 Å². The molecule has 3 heteroatoms. The van der Waals surface area contributed by atoms with E-state index >= 15 is 0 Å². The summed E-state index contributed by atoms with van der Waals surface area (Å²) in [5.41, 5.74) is 1.23. The molecule has 0 saturated carbocycles. The highest BCUT2D eigenvalue weighted by Crippen LogP contribution is 2.11. The molecule has 0 aliphatic rings. The molecule has 0 fully saturated rings. The lowest BCUT2D eigenvalue weighted by Gasteiger charge is -2.06. The Labute approximate surface area is 95.7 Å². The maximum absolute atomic E-state index is 11.1. The van der Waals surface area contributed by atoms with Gasteiger partial charge in [0.25, 0.3) is 0 Å². The van der Waals surface area contributed by atoms with Crippen LogP contribution in [-0.4, -0.2) is 13.1 Å². The number of methoxy groups -OCH3 is 1. The zero-order chi connectivity index (χ0) is 11.8. The van der Waals surface area contributed by atoms with E-state index in [1.54, 1.807) is 0 Å². The fourth-order valence-electron chi connectivity index (χ4n) is 1.53. The molecule has 0 aromatic heterocycles. The van der Waals surface area contributed by atoms with Crippen molar-refractivity contribution in [3.63, 3.8) is 0 Å². The molecular formula is C13H15NO2. The minimum Gasteiger partial charge on any atom is -0.468 e. The lowest BCUT2D eigenvalue weighted by atomic mass is 10.0. The van der Waals surface area contributed by atoms with Gasteiger partial charge in [-0.25, -0.2) is 0 Å². The number of aryl methyl sites for hydroxylation is 1. The normalized spacial score (nSPS) is 11.5. The molecule has 3 nitrogen and oxygen atoms in total. The summed E-state index contributed by atoms with van der Waals surface area (Å²) in [6.45, 7) is 0. The SMILES string of the molecule is COC(=O)C(C#N)CCCc1ccccc1. The van der Waals surface area contributed by atoms with E-state index in [4.69, 9.17) is 5.26 Å². The van der Waals surface area contributed by atoms with E-state index in [1.165, 1.54) is 12.7 Å². The van der Waals surface area contributed by atoms with E-state index in [1.807, 2.05) is 36.4 Å². The predicted molar refractivity (Wildman–Crippen MR) is 60.5 cm³/mol. The summed E-state index contributed by atoms with van der Waals surface area (Å²) < 4.78 is 4.54. The standard InChI is InChI=1S/C13H15NO2/c1-16-13(15)12(10-14)9-5-8-11-6-3-2-4-7-11/h2-4,6-7,12H,5,8-9H2,1H3. The van der Waals surface area contributed by atoms with Crippen molar-refractivity contribution in [1.82, 2.24) is 0 Å². The van der Waals surface area contributed by atoms with Crippen LogP contribution in [0.5, 0.6) is 0 Å². The zero-order valence-corrected chi connectivity index (χ0v) is 9.35. The molecule has 0 spiro atoms. The Kier molecular flexibility index (Phi) is 5.07. The van der Waals surface area contributed by atoms with Gasteiger partial charge in [-0.05, 0) is 24.8 Å². The van der Waals surface area contributed by atoms with Crippen molar-refractivity contribution >= 4 is 5.97 Å². The number of nitrogens with zero attached hydrogens (tertiary/aromatic N) is 1. The molecule has 84 valence electrons. The van der Waals surface area contributed by atoms with Gasteiger partial charge in [0.1, 0.15) is 5.92 Å². The van der Waals surface area contributed by atoms with Gasteiger partial charge < -0.3 is 4.74 Å². The van der Waals surface area contributed by atoms with Crippen molar-refractivity contribution in [2.45, 2.75) is 19.3 Å². The highest BCUT2D eigenvalue weighted by atomic mass is 16.5. The van der Waals surface area contributed by atoms with E-state index in [-0.39, 0.29) is 0 Å². The van der Waals surface area contributed by atoms with Gasteiger partial charge in [0.15, 0.2) is 0 Å². The Balaban J connectivity index is 2.35. The number of esters is 1. The first-order chi connectivity index (χ1) is 7.77. The molecule has 0 aliphatic carbocycles. The van der Waals surface area contributed by atoms with E-state index in [0.29, 0.717) is 6.42 Å². The largest absolute Gasteiger partial charge is 0.468 e. The zero-order valence-electron chi connectivity index (χ0n) is 9.35. The first kappa shape index (κ1) is 12.3. The van der Waals surface area contributed by atoms with Gasteiger partial charge in [0, 0.05) is 0 Å². The van der Waals surface area contributed by atoms with Crippen LogP contribution < -0.4 is 0 Å². The van der Waals surface area contributed by atoms with Gasteiger partial charge in [-0.1, -0.05) is 30.3 Å². The topological polar surface area (TPSA) is 50.1 Å². The fourth-order valence-corrected chi connectivity index (χ4v) is 1.53. The van der Waals surface area contributed by atoms with Crippen LogP contribution in [0.4, 0.5) is 0 Å². The van der Waals surface area contributed by atoms with Crippen LogP contribution in [0.15, 0.2) is 30.3 Å². The van der Waals surface area contributed by atoms with E-state index in [9.17, 15) is 4.79 Å². The molecule has 0 amide bonds. The number of carbonyl (C=O) groups excluding carboxylic acids is 1. The molecular weight excluding hydrogens is 202 g/mol. The predicted octanol–water partition coefficient (Wildman–Crippen LogP) is 2.32. The lowest BCUT2D eigenvalue weighted by Crippen LogP contribution is -2.14. The van der Waals surface area contributed by atoms with Crippen molar-refractivity contribution in [2.24, 2.45) is 5.92 Å². The van der Waals surface area contributed by atoms with Crippen LogP contribution in [0, 0.1) is 17.2 Å². The van der Waals surface area contributed by atoms with Gasteiger partial charge in [-0.15, -0.1) is 0 Å². The molecule has 0 aliphatic heterocycles. The maximum atomic E-state index is 11.1. The lowest BCUT2D eigenvalue weighted by molar-refractivity contribution is -0.143. The van der Waals surface area contributed by atoms with Gasteiger partial charge >= 0.3 is 5.97 Å². The second-order valence-electron chi connectivity index (χ2n) is 3.58. The summed E-state index contributed by atoms with van der Waals surface area (Å²) in [6.07, 6.45) is 2.26. The van der Waals surface area contributed by atoms with Crippen molar-refractivity contribution in [3.05, 3.63) is 35.9 Å². The molecule has 16 heavy (non-hydrogen) atoms. The van der Waals surface area contributed by atoms with Crippen LogP contribution in [0.2, 0.25) is 0 Å². The summed E-state index contributed by atoms with van der Waals surface area (Å²) in [5.74, 6) is -1.07. The Morgan fingerprint density at radius 1 is 1.44 bits per heavy atom. The number of hydrogen-bond acceptors (Lipinski definition) is 3. The quantitative estimate of drug-likeness (QED) is 0.711. The molecule has 0 saturated heterocycles. The average molecular weight is 217 g/mol. The molecule has 0 N–H and O–H groups in total. The molecule has 1 unspecified atom stereocenters. The van der Waals surface area contributed by atoms with E-state index in [2.05, 4.69) is 4.74 Å². The molecule has 1 rings (SSSR count). The van der Waals surface area contributed by atoms with E-state index < -0.39 is 11.9 Å². The molecule has 0 bridgehead atoms. The molecule has 1 aromatic carbocycles. The first-order valence-electron chi connectivity index (χ1n) is 5.29. The van der Waals surface area contributed by atoms with Crippen molar-refractivity contribution in [2.75, 3.05) is 7.11 Å². The third kappa shape index (κ3) is 3.74. The number of ether oxygens (including phenoxy) is 1. The molecule has 0 heterocycles. The third-order valence-electron chi connectivity index (χ3n) is 2.44. The summed E-state index contributed by atoms with van der Waals surface area (Å²) in [7, 11) is 1.31. The third-order valence-corrected chi connectivity index (χ3v) is 2.44. The number of nitriles is 1. The van der Waals surface area contributed by atoms with Crippen LogP contribution >= 0.6 is 0 Å². The number of benzene rings is 1. The van der Waals surface area contributed by atoms with Gasteiger partial charge in [0.2, 0.25) is 0 Å². The van der Waals surface area contributed by atoms with Crippen molar-refractivity contribution in [3.8, 4) is 6.07 Å². The second kappa shape index (κ2) is 6.62. The maximum Gasteiger partial charge on any atom is 0.323 e. The van der Waals surface area contributed by atoms with Crippen LogP contribution in [0.1, 0.15) is 18.4 Å². The van der Waals surface area contributed by atoms with Crippen LogP contribution in [-0.2, 0) is 16.0 Å². The minimum absolute atomic E-state index is 0.435. The van der Waals surface area contributed by atoms with Gasteiger partial charge in [0.05, 0.1) is 13.2 Å². The summed E-state index contributed by atoms with van der Waals surface area (Å²) in [4.78, 5) is 11.1. The number of carbonyl (C=O) groups is 1. The first-order valence-corrected chi connectivity index (χ1v) is 5.29. The fraction of sp³-hybridized carbons (Fsp3) is 0.385. The van der Waals surface area contributed by atoms with Crippen LogP contribution in [0.25, 0.3) is 0 Å². The summed E-state index contributed by atoms with van der Waals surface area (Å²) in [5, 5.41) is 8.77. The highest BCUT2D eigenvalue weighted by Gasteiger charge is 2.17. The highest BCUT2D eigenvalue weighted by molar-refractivity contribution is 5.74. The Morgan fingerprint density at radius 2 is 2.12 bits per heavy atom. The molecule has 1 atom stereocenters.